The van der Waals surface area contributed by atoms with Crippen molar-refractivity contribution >= 4 is 22.9 Å². The zero-order valence-electron chi connectivity index (χ0n) is 19.5. The van der Waals surface area contributed by atoms with Gasteiger partial charge < -0.3 is 15.5 Å². The Morgan fingerprint density at radius 3 is 2.91 bits per heavy atom. The van der Waals surface area contributed by atoms with E-state index >= 15 is 0 Å². The molecule has 4 rings (SSSR count). The number of fused-ring (bicyclic) bond motifs is 1. The second-order valence-electron chi connectivity index (χ2n) is 8.92. The Kier molecular flexibility index (Phi) is 7.10. The van der Waals surface area contributed by atoms with E-state index in [1.165, 1.54) is 25.6 Å². The first-order valence-corrected chi connectivity index (χ1v) is 11.6. The molecule has 1 aromatic carbocycles. The number of nitrogens with zero attached hydrogens (tertiary/aromatic N) is 5. The lowest BCUT2D eigenvalue weighted by Crippen LogP contribution is -2.51. The van der Waals surface area contributed by atoms with E-state index in [1.54, 1.807) is 12.1 Å². The predicted molar refractivity (Wildman–Crippen MR) is 130 cm³/mol. The molecule has 0 amide bonds. The lowest BCUT2D eigenvalue weighted by atomic mass is 9.90. The minimum atomic E-state index is -0.0761. The normalized spacial score (nSPS) is 21.2. The van der Waals surface area contributed by atoms with Gasteiger partial charge in [0.05, 0.1) is 0 Å². The summed E-state index contributed by atoms with van der Waals surface area (Å²) in [6, 6.07) is 11.1. The average Bonchev–Trinajstić information content (AvgIpc) is 3.24. The summed E-state index contributed by atoms with van der Waals surface area (Å²) < 4.78 is 1.84. The van der Waals surface area contributed by atoms with Gasteiger partial charge in [-0.25, -0.2) is 15.0 Å². The maximum atomic E-state index is 7.79. The minimum absolute atomic E-state index is 0.0761. The van der Waals surface area contributed by atoms with Gasteiger partial charge in [0, 0.05) is 42.1 Å². The van der Waals surface area contributed by atoms with E-state index in [0.717, 1.165) is 29.7 Å². The van der Waals surface area contributed by atoms with Crippen LogP contribution in [0.3, 0.4) is 0 Å². The molecular formula is C24H33N9. The molecule has 0 radical (unpaired) electrons. The fourth-order valence-corrected chi connectivity index (χ4v) is 4.80. The van der Waals surface area contributed by atoms with Gasteiger partial charge >= 0.3 is 0 Å². The predicted octanol–water partition coefficient (Wildman–Crippen LogP) is 4.57. The summed E-state index contributed by atoms with van der Waals surface area (Å²) in [4.78, 5) is 7.03. The zero-order chi connectivity index (χ0) is 23.4. The van der Waals surface area contributed by atoms with Gasteiger partial charge in [-0.15, -0.1) is 5.11 Å². The Morgan fingerprint density at radius 2 is 2.12 bits per heavy atom. The number of likely N-dealkylation sites (tertiary alicyclic amines) is 1. The van der Waals surface area contributed by atoms with Crippen LogP contribution in [0.4, 0.5) is 11.5 Å². The molecular weight excluding hydrogens is 414 g/mol. The molecule has 1 aliphatic rings. The Balaban J connectivity index is 1.52. The second-order valence-corrected chi connectivity index (χ2v) is 8.92. The van der Waals surface area contributed by atoms with Crippen LogP contribution in [0.25, 0.3) is 5.52 Å². The van der Waals surface area contributed by atoms with Gasteiger partial charge in [-0.05, 0) is 57.0 Å². The Bertz CT molecular complexity index is 1120. The summed E-state index contributed by atoms with van der Waals surface area (Å²) in [6.45, 7) is 5.33. The summed E-state index contributed by atoms with van der Waals surface area (Å²) in [7, 11) is 2.26. The number of rotatable bonds is 8. The smallest absolute Gasteiger partial charge is 0.173 e. The molecule has 9 nitrogen and oxygen atoms in total. The first-order valence-electron chi connectivity index (χ1n) is 11.6. The molecule has 3 heterocycles. The fourth-order valence-electron chi connectivity index (χ4n) is 4.80. The molecule has 1 aliphatic heterocycles. The third-order valence-corrected chi connectivity index (χ3v) is 6.70. The highest BCUT2D eigenvalue weighted by Crippen LogP contribution is 2.27. The SMILES string of the molecule is CCCC1CC(NCc2ccn3ncnc(Nc4cccc(C(=N)N=N)c4)c23)CC(C)N1C. The second kappa shape index (κ2) is 10.2. The van der Waals surface area contributed by atoms with Crippen LogP contribution in [0.15, 0.2) is 48.0 Å². The molecule has 0 saturated carbocycles. The van der Waals surface area contributed by atoms with E-state index in [1.807, 2.05) is 22.8 Å². The molecule has 1 saturated heterocycles. The van der Waals surface area contributed by atoms with Crippen molar-refractivity contribution in [1.82, 2.24) is 24.8 Å². The molecule has 0 aliphatic carbocycles. The van der Waals surface area contributed by atoms with E-state index in [-0.39, 0.29) is 5.84 Å². The minimum Gasteiger partial charge on any atom is -0.338 e. The number of benzene rings is 1. The Labute approximate surface area is 194 Å². The Morgan fingerprint density at radius 1 is 1.27 bits per heavy atom. The molecule has 0 spiro atoms. The van der Waals surface area contributed by atoms with Crippen LogP contribution >= 0.6 is 0 Å². The number of amidine groups is 1. The summed E-state index contributed by atoms with van der Waals surface area (Å²) in [5.74, 6) is 0.631. The van der Waals surface area contributed by atoms with E-state index in [0.29, 0.717) is 29.5 Å². The van der Waals surface area contributed by atoms with Crippen molar-refractivity contribution in [2.45, 2.75) is 64.2 Å². The van der Waals surface area contributed by atoms with Crippen molar-refractivity contribution in [2.24, 2.45) is 5.11 Å². The highest BCUT2D eigenvalue weighted by Gasteiger charge is 2.30. The first kappa shape index (κ1) is 23.0. The van der Waals surface area contributed by atoms with Crippen LogP contribution in [-0.4, -0.2) is 50.5 Å². The van der Waals surface area contributed by atoms with Gasteiger partial charge in [0.2, 0.25) is 0 Å². The van der Waals surface area contributed by atoms with Crippen molar-refractivity contribution in [3.8, 4) is 0 Å². The van der Waals surface area contributed by atoms with Crippen molar-refractivity contribution in [2.75, 3.05) is 12.4 Å². The van der Waals surface area contributed by atoms with E-state index in [2.05, 4.69) is 57.7 Å². The molecule has 2 aromatic heterocycles. The molecule has 4 N–H and O–H groups in total. The summed E-state index contributed by atoms with van der Waals surface area (Å²) >= 11 is 0. The molecule has 9 heteroatoms. The summed E-state index contributed by atoms with van der Waals surface area (Å²) in [5.41, 5.74) is 10.5. The van der Waals surface area contributed by atoms with Gasteiger partial charge in [-0.1, -0.05) is 25.5 Å². The molecule has 3 atom stereocenters. The number of hydrogen-bond acceptors (Lipinski definition) is 7. The third-order valence-electron chi connectivity index (χ3n) is 6.70. The van der Waals surface area contributed by atoms with Gasteiger partial charge in [0.25, 0.3) is 0 Å². The largest absolute Gasteiger partial charge is 0.338 e. The summed E-state index contributed by atoms with van der Waals surface area (Å²) in [5, 5.41) is 22.5. The maximum absolute atomic E-state index is 7.79. The third kappa shape index (κ3) is 5.09. The van der Waals surface area contributed by atoms with E-state index in [9.17, 15) is 0 Å². The van der Waals surface area contributed by atoms with Crippen molar-refractivity contribution in [1.29, 1.82) is 10.9 Å². The van der Waals surface area contributed by atoms with Crippen LogP contribution < -0.4 is 10.6 Å². The highest BCUT2D eigenvalue weighted by molar-refractivity contribution is 5.97. The first-order chi connectivity index (χ1) is 16.0. The van der Waals surface area contributed by atoms with Crippen molar-refractivity contribution in [3.63, 3.8) is 0 Å². The van der Waals surface area contributed by atoms with Crippen LogP contribution in [0, 0.1) is 10.9 Å². The molecule has 3 aromatic rings. The molecule has 3 unspecified atom stereocenters. The number of piperidine rings is 1. The summed E-state index contributed by atoms with van der Waals surface area (Å²) in [6.07, 6.45) is 8.25. The molecule has 174 valence electrons. The number of anilines is 2. The van der Waals surface area contributed by atoms with Crippen molar-refractivity contribution in [3.05, 3.63) is 54.0 Å². The lowest BCUT2D eigenvalue weighted by molar-refractivity contribution is 0.0946. The highest BCUT2D eigenvalue weighted by atomic mass is 15.3. The topological polar surface area (TPSA) is 118 Å². The van der Waals surface area contributed by atoms with Gasteiger partial charge in [-0.3, -0.25) is 5.41 Å². The number of nitrogens with one attached hydrogen (secondary N) is 4. The van der Waals surface area contributed by atoms with Crippen LogP contribution in [0.1, 0.15) is 50.7 Å². The number of hydrogen-bond donors (Lipinski definition) is 4. The monoisotopic (exact) mass is 447 g/mol. The quantitative estimate of drug-likeness (QED) is 0.229. The maximum Gasteiger partial charge on any atom is 0.173 e. The molecule has 1 fully saturated rings. The zero-order valence-corrected chi connectivity index (χ0v) is 19.5. The molecule has 0 bridgehead atoms. The van der Waals surface area contributed by atoms with Crippen molar-refractivity contribution < 1.29 is 0 Å². The van der Waals surface area contributed by atoms with Gasteiger partial charge in [0.15, 0.2) is 11.7 Å². The van der Waals surface area contributed by atoms with Crippen LogP contribution in [0.5, 0.6) is 0 Å². The Hall–Kier alpha value is -3.17. The molecule has 33 heavy (non-hydrogen) atoms. The standard InChI is InChI=1S/C24H33N9/c1-4-6-21-13-20(11-16(2)32(21)3)27-14-18-9-10-33-22(18)24(28-15-29-33)30-19-8-5-7-17(12-19)23(25)31-26/h5,7-10,12,15-16,20-21,25-27H,4,6,11,13-14H2,1-3H3,(H,28,29,30). The van der Waals surface area contributed by atoms with Gasteiger partial charge in [0.1, 0.15) is 11.8 Å². The van der Waals surface area contributed by atoms with Crippen LogP contribution in [0.2, 0.25) is 0 Å². The van der Waals surface area contributed by atoms with E-state index < -0.39 is 0 Å². The van der Waals surface area contributed by atoms with E-state index in [4.69, 9.17) is 10.9 Å². The average molecular weight is 448 g/mol. The lowest BCUT2D eigenvalue weighted by Gasteiger charge is -2.42. The van der Waals surface area contributed by atoms with Gasteiger partial charge in [-0.2, -0.15) is 5.10 Å². The van der Waals surface area contributed by atoms with Crippen LogP contribution in [-0.2, 0) is 6.54 Å². The fraction of sp³-hybridized carbons (Fsp3) is 0.458. The number of aromatic nitrogens is 3.